The van der Waals surface area contributed by atoms with Gasteiger partial charge in [-0.05, 0) is 36.8 Å². The molecule has 0 aromatic heterocycles. The average Bonchev–Trinajstić information content (AvgIpc) is 3.01. The van der Waals surface area contributed by atoms with E-state index in [0.717, 1.165) is 11.1 Å². The molecule has 0 unspecified atom stereocenters. The van der Waals surface area contributed by atoms with E-state index in [4.69, 9.17) is 21.1 Å². The van der Waals surface area contributed by atoms with Gasteiger partial charge < -0.3 is 9.47 Å². The summed E-state index contributed by atoms with van der Waals surface area (Å²) in [6.07, 6.45) is 1.19. The minimum atomic E-state index is -0.749. The highest BCUT2D eigenvalue weighted by Crippen LogP contribution is 2.37. The van der Waals surface area contributed by atoms with Crippen molar-refractivity contribution in [3.8, 4) is 5.75 Å². The quantitative estimate of drug-likeness (QED) is 0.228. The van der Waals surface area contributed by atoms with E-state index < -0.39 is 35.0 Å². The van der Waals surface area contributed by atoms with E-state index in [1.807, 2.05) is 0 Å². The van der Waals surface area contributed by atoms with Crippen LogP contribution in [0.2, 0.25) is 5.02 Å². The van der Waals surface area contributed by atoms with Gasteiger partial charge in [-0.1, -0.05) is 29.8 Å². The third kappa shape index (κ3) is 4.81. The van der Waals surface area contributed by atoms with Crippen LogP contribution in [0.15, 0.2) is 48.0 Å². The lowest BCUT2D eigenvalue weighted by molar-refractivity contribution is -0.385. The van der Waals surface area contributed by atoms with Crippen molar-refractivity contribution in [3.05, 3.63) is 68.7 Å². The van der Waals surface area contributed by atoms with E-state index in [1.165, 1.54) is 12.1 Å². The molecule has 1 saturated heterocycles. The maximum atomic E-state index is 12.7. The van der Waals surface area contributed by atoms with Crippen LogP contribution in [0, 0.1) is 10.1 Å². The fourth-order valence-electron chi connectivity index (χ4n) is 2.78. The number of hydrazine groups is 1. The van der Waals surface area contributed by atoms with Gasteiger partial charge in [0.05, 0.1) is 22.2 Å². The summed E-state index contributed by atoms with van der Waals surface area (Å²) in [5.41, 5.74) is 2.26. The summed E-state index contributed by atoms with van der Waals surface area (Å²) in [4.78, 5) is 47.2. The Morgan fingerprint density at radius 1 is 1.26 bits per heavy atom. The van der Waals surface area contributed by atoms with Crippen LogP contribution in [0.25, 0.3) is 6.08 Å². The normalized spacial score (nSPS) is 14.5. The number of ether oxygens (including phenoxy) is 2. The highest BCUT2D eigenvalue weighted by molar-refractivity contribution is 6.33. The molecule has 0 saturated carbocycles. The smallest absolute Gasteiger partial charge is 0.344 e. The number of para-hydroxylation sites is 1. The van der Waals surface area contributed by atoms with Crippen molar-refractivity contribution in [3.63, 3.8) is 0 Å². The van der Waals surface area contributed by atoms with Gasteiger partial charge in [0.15, 0.2) is 6.61 Å². The van der Waals surface area contributed by atoms with Gasteiger partial charge >= 0.3 is 11.7 Å². The number of hydrogen-bond donors (Lipinski definition) is 1. The first-order chi connectivity index (χ1) is 14.8. The first-order valence-corrected chi connectivity index (χ1v) is 9.38. The molecule has 2 amide bonds. The molecule has 160 valence electrons. The molecule has 1 aliphatic heterocycles. The third-order valence-corrected chi connectivity index (χ3v) is 4.38. The molecule has 0 bridgehead atoms. The van der Waals surface area contributed by atoms with Gasteiger partial charge in [0.25, 0.3) is 11.8 Å². The number of benzene rings is 2. The minimum absolute atomic E-state index is 0.126. The van der Waals surface area contributed by atoms with Gasteiger partial charge in [-0.3, -0.25) is 25.1 Å². The molecule has 1 aliphatic rings. The zero-order valence-corrected chi connectivity index (χ0v) is 16.9. The number of carbonyl (C=O) groups excluding carboxylic acids is 3. The number of anilines is 1. The van der Waals surface area contributed by atoms with E-state index in [-0.39, 0.29) is 28.5 Å². The largest absolute Gasteiger partial charge is 0.474 e. The number of esters is 1. The third-order valence-electron chi connectivity index (χ3n) is 4.10. The van der Waals surface area contributed by atoms with Crippen LogP contribution < -0.4 is 15.2 Å². The van der Waals surface area contributed by atoms with Crippen molar-refractivity contribution in [2.75, 3.05) is 18.2 Å². The number of rotatable bonds is 7. The highest BCUT2D eigenvalue weighted by Gasteiger charge is 2.34. The second kappa shape index (κ2) is 9.26. The molecule has 1 fully saturated rings. The van der Waals surface area contributed by atoms with Crippen LogP contribution in [-0.2, 0) is 19.1 Å². The standard InChI is InChI=1S/C20H16ClN3O7/c1-2-30-17(25)11-31-18-15(21)9-12(10-16(18)24(28)29)8-14-19(26)22-23(20(14)27)13-6-4-3-5-7-13/h3-10H,2,11H2,1H3,(H,22,26)/b14-8-. The monoisotopic (exact) mass is 445 g/mol. The van der Waals surface area contributed by atoms with E-state index in [2.05, 4.69) is 5.43 Å². The summed E-state index contributed by atoms with van der Waals surface area (Å²) in [6.45, 7) is 1.16. The Morgan fingerprint density at radius 2 is 1.97 bits per heavy atom. The van der Waals surface area contributed by atoms with Crippen molar-refractivity contribution in [1.82, 2.24) is 5.43 Å². The van der Waals surface area contributed by atoms with Crippen LogP contribution in [-0.4, -0.2) is 35.9 Å². The SMILES string of the molecule is CCOC(=O)COc1c(Cl)cc(/C=C2/C(=O)NN(c3ccccc3)C2=O)cc1[N+](=O)[O-]. The lowest BCUT2D eigenvalue weighted by Crippen LogP contribution is -2.35. The summed E-state index contributed by atoms with van der Waals surface area (Å²) in [5, 5.41) is 12.4. The van der Waals surface area contributed by atoms with Crippen molar-refractivity contribution in [1.29, 1.82) is 0 Å². The first kappa shape index (κ1) is 21.8. The zero-order valence-electron chi connectivity index (χ0n) is 16.2. The van der Waals surface area contributed by atoms with Gasteiger partial charge in [-0.25, -0.2) is 9.80 Å². The Balaban J connectivity index is 1.91. The molecule has 1 N–H and O–H groups in total. The number of nitro benzene ring substituents is 1. The highest BCUT2D eigenvalue weighted by atomic mass is 35.5. The maximum absolute atomic E-state index is 12.7. The Morgan fingerprint density at radius 3 is 2.61 bits per heavy atom. The van der Waals surface area contributed by atoms with E-state index >= 15 is 0 Å². The summed E-state index contributed by atoms with van der Waals surface area (Å²) in [5.74, 6) is -2.34. The van der Waals surface area contributed by atoms with Gasteiger partial charge in [0, 0.05) is 6.07 Å². The van der Waals surface area contributed by atoms with E-state index in [0.29, 0.717) is 5.69 Å². The number of nitrogens with zero attached hydrogens (tertiary/aromatic N) is 2. The molecule has 2 aromatic rings. The molecule has 0 aliphatic carbocycles. The van der Waals surface area contributed by atoms with Gasteiger partial charge in [0.2, 0.25) is 5.75 Å². The molecular weight excluding hydrogens is 430 g/mol. The van der Waals surface area contributed by atoms with E-state index in [9.17, 15) is 24.5 Å². The fraction of sp³-hybridized carbons (Fsp3) is 0.150. The van der Waals surface area contributed by atoms with Gasteiger partial charge in [-0.2, -0.15) is 0 Å². The molecule has 31 heavy (non-hydrogen) atoms. The Bertz CT molecular complexity index is 1090. The predicted octanol–water partition coefficient (Wildman–Crippen LogP) is 2.65. The summed E-state index contributed by atoms with van der Waals surface area (Å²) in [7, 11) is 0. The Hall–Kier alpha value is -3.92. The number of nitro groups is 1. The molecule has 0 radical (unpaired) electrons. The first-order valence-electron chi connectivity index (χ1n) is 9.00. The van der Waals surface area contributed by atoms with Crippen LogP contribution in [0.1, 0.15) is 12.5 Å². The minimum Gasteiger partial charge on any atom is -0.474 e. The van der Waals surface area contributed by atoms with Gasteiger partial charge in [0.1, 0.15) is 5.57 Å². The molecule has 10 nitrogen and oxygen atoms in total. The zero-order chi connectivity index (χ0) is 22.5. The Labute approximate surface area is 181 Å². The van der Waals surface area contributed by atoms with Crippen LogP contribution >= 0.6 is 11.6 Å². The fourth-order valence-corrected chi connectivity index (χ4v) is 3.06. The van der Waals surface area contributed by atoms with Gasteiger partial charge in [-0.15, -0.1) is 0 Å². The second-order valence-electron chi connectivity index (χ2n) is 6.18. The number of amides is 2. The topological polar surface area (TPSA) is 128 Å². The van der Waals surface area contributed by atoms with Crippen molar-refractivity contribution in [2.45, 2.75) is 6.92 Å². The second-order valence-corrected chi connectivity index (χ2v) is 6.58. The lowest BCUT2D eigenvalue weighted by atomic mass is 10.1. The molecule has 3 rings (SSSR count). The molecule has 0 spiro atoms. The van der Waals surface area contributed by atoms with Crippen LogP contribution in [0.3, 0.4) is 0 Å². The molecule has 1 heterocycles. The van der Waals surface area contributed by atoms with Crippen LogP contribution in [0.5, 0.6) is 5.75 Å². The van der Waals surface area contributed by atoms with Crippen molar-refractivity contribution >= 4 is 46.8 Å². The average molecular weight is 446 g/mol. The van der Waals surface area contributed by atoms with Crippen molar-refractivity contribution < 1.29 is 28.8 Å². The number of nitrogens with one attached hydrogen (secondary N) is 1. The number of hydrogen-bond acceptors (Lipinski definition) is 7. The predicted molar refractivity (Wildman–Crippen MR) is 110 cm³/mol. The number of halogens is 1. The molecule has 0 atom stereocenters. The summed E-state index contributed by atoms with van der Waals surface area (Å²) in [6, 6.07) is 10.8. The molecule has 2 aromatic carbocycles. The Kier molecular flexibility index (Phi) is 6.51. The van der Waals surface area contributed by atoms with Crippen molar-refractivity contribution in [2.24, 2.45) is 0 Å². The molecule has 11 heteroatoms. The number of carbonyl (C=O) groups is 3. The maximum Gasteiger partial charge on any atom is 0.344 e. The van der Waals surface area contributed by atoms with E-state index in [1.54, 1.807) is 37.3 Å². The summed E-state index contributed by atoms with van der Waals surface area (Å²) < 4.78 is 9.88. The molecular formula is C20H16ClN3O7. The lowest BCUT2D eigenvalue weighted by Gasteiger charge is -2.13. The van der Waals surface area contributed by atoms with Crippen LogP contribution in [0.4, 0.5) is 11.4 Å². The summed E-state index contributed by atoms with van der Waals surface area (Å²) >= 11 is 6.12.